The molecular weight excluding hydrogens is 347 g/mol. The highest BCUT2D eigenvalue weighted by Crippen LogP contribution is 2.34. The molecule has 0 aliphatic rings. The van der Waals surface area contributed by atoms with Crippen LogP contribution in [-0.4, -0.2) is 12.2 Å². The number of benzene rings is 2. The van der Waals surface area contributed by atoms with Crippen molar-refractivity contribution in [2.75, 3.05) is 11.6 Å². The van der Waals surface area contributed by atoms with Gasteiger partial charge < -0.3 is 5.32 Å². The lowest BCUT2D eigenvalue weighted by Gasteiger charge is -2.12. The fraction of sp³-hybridized carbons (Fsp3) is 0.188. The molecule has 2 aromatic carbocycles. The lowest BCUT2D eigenvalue weighted by Crippen LogP contribution is -2.13. The average molecular weight is 360 g/mol. The zero-order valence-electron chi connectivity index (χ0n) is 12.1. The maximum Gasteiger partial charge on any atom is 0.416 e. The second-order valence-electron chi connectivity index (χ2n) is 4.78. The number of hydrogen-bond acceptors (Lipinski definition) is 2. The van der Waals surface area contributed by atoms with Crippen LogP contribution in [0.4, 0.5) is 18.9 Å². The molecule has 0 heterocycles. The van der Waals surface area contributed by atoms with Crippen LogP contribution in [0.2, 0.25) is 5.02 Å². The van der Waals surface area contributed by atoms with E-state index in [0.717, 1.165) is 29.5 Å². The minimum atomic E-state index is -4.50. The van der Waals surface area contributed by atoms with Gasteiger partial charge in [0.05, 0.1) is 16.3 Å². The van der Waals surface area contributed by atoms with Gasteiger partial charge in [0.1, 0.15) is 0 Å². The van der Waals surface area contributed by atoms with Gasteiger partial charge in [0, 0.05) is 11.3 Å². The minimum absolute atomic E-state index is 0.0466. The molecule has 2 nitrogen and oxygen atoms in total. The van der Waals surface area contributed by atoms with Crippen molar-refractivity contribution in [2.24, 2.45) is 0 Å². The zero-order chi connectivity index (χ0) is 17.0. The van der Waals surface area contributed by atoms with Crippen molar-refractivity contribution >= 4 is 35.0 Å². The Kier molecular flexibility index (Phi) is 5.59. The molecule has 23 heavy (non-hydrogen) atoms. The largest absolute Gasteiger partial charge is 0.416 e. The molecule has 0 aliphatic carbocycles. The van der Waals surface area contributed by atoms with E-state index in [-0.39, 0.29) is 10.7 Å². The molecule has 0 saturated heterocycles. The highest BCUT2D eigenvalue weighted by Gasteiger charge is 2.31. The standard InChI is InChI=1S/C16H13ClF3NOS/c1-23-9-10-2-4-11(5-3-10)15(22)21-14-8-12(16(18,19)20)6-7-13(14)17/h2-8H,9H2,1H3,(H,21,22). The fourth-order valence-electron chi connectivity index (χ4n) is 1.91. The maximum atomic E-state index is 12.7. The summed E-state index contributed by atoms with van der Waals surface area (Å²) in [6, 6.07) is 9.67. The summed E-state index contributed by atoms with van der Waals surface area (Å²) in [5.41, 5.74) is 0.474. The van der Waals surface area contributed by atoms with Gasteiger partial charge in [-0.25, -0.2) is 0 Å². The van der Waals surface area contributed by atoms with Crippen LogP contribution < -0.4 is 5.32 Å². The molecule has 0 spiro atoms. The van der Waals surface area contributed by atoms with E-state index in [0.29, 0.717) is 5.56 Å². The Bertz CT molecular complexity index is 701. The molecule has 2 rings (SSSR count). The van der Waals surface area contributed by atoms with Crippen LogP contribution in [0.1, 0.15) is 21.5 Å². The van der Waals surface area contributed by atoms with E-state index in [9.17, 15) is 18.0 Å². The van der Waals surface area contributed by atoms with Gasteiger partial charge in [-0.2, -0.15) is 24.9 Å². The Morgan fingerprint density at radius 2 is 1.83 bits per heavy atom. The second-order valence-corrected chi connectivity index (χ2v) is 6.05. The Balaban J connectivity index is 2.19. The summed E-state index contributed by atoms with van der Waals surface area (Å²) in [4.78, 5) is 12.1. The van der Waals surface area contributed by atoms with Crippen LogP contribution in [0.3, 0.4) is 0 Å². The van der Waals surface area contributed by atoms with Crippen LogP contribution in [0.15, 0.2) is 42.5 Å². The average Bonchev–Trinajstić information content (AvgIpc) is 2.49. The molecule has 0 fully saturated rings. The predicted octanol–water partition coefficient (Wildman–Crippen LogP) is 5.47. The molecule has 0 radical (unpaired) electrons. The fourth-order valence-corrected chi connectivity index (χ4v) is 2.60. The van der Waals surface area contributed by atoms with E-state index in [1.165, 1.54) is 0 Å². The first-order chi connectivity index (χ1) is 10.8. The summed E-state index contributed by atoms with van der Waals surface area (Å²) < 4.78 is 38.2. The minimum Gasteiger partial charge on any atom is -0.321 e. The second kappa shape index (κ2) is 7.27. The van der Waals surface area contributed by atoms with Crippen molar-refractivity contribution in [1.82, 2.24) is 0 Å². The number of carbonyl (C=O) groups is 1. The predicted molar refractivity (Wildman–Crippen MR) is 88.1 cm³/mol. The van der Waals surface area contributed by atoms with Crippen molar-refractivity contribution in [3.63, 3.8) is 0 Å². The summed E-state index contributed by atoms with van der Waals surface area (Å²) in [5, 5.41) is 2.46. The van der Waals surface area contributed by atoms with Crippen LogP contribution in [0.25, 0.3) is 0 Å². The number of amides is 1. The molecule has 0 aromatic heterocycles. The van der Waals surface area contributed by atoms with Gasteiger partial charge >= 0.3 is 6.18 Å². The first-order valence-corrected chi connectivity index (χ1v) is 8.34. The topological polar surface area (TPSA) is 29.1 Å². The van der Waals surface area contributed by atoms with Gasteiger partial charge in [-0.3, -0.25) is 4.79 Å². The van der Waals surface area contributed by atoms with Crippen molar-refractivity contribution < 1.29 is 18.0 Å². The summed E-state index contributed by atoms with van der Waals surface area (Å²) >= 11 is 7.51. The Labute approximate surface area is 141 Å². The third kappa shape index (κ3) is 4.65. The lowest BCUT2D eigenvalue weighted by atomic mass is 10.1. The Morgan fingerprint density at radius 3 is 2.39 bits per heavy atom. The van der Waals surface area contributed by atoms with E-state index >= 15 is 0 Å². The number of carbonyl (C=O) groups excluding carboxylic acids is 1. The summed E-state index contributed by atoms with van der Waals surface area (Å²) in [7, 11) is 0. The van der Waals surface area contributed by atoms with E-state index in [2.05, 4.69) is 5.32 Å². The third-order valence-electron chi connectivity index (χ3n) is 3.07. The van der Waals surface area contributed by atoms with E-state index < -0.39 is 17.6 Å². The number of hydrogen-bond donors (Lipinski definition) is 1. The van der Waals surface area contributed by atoms with Crippen molar-refractivity contribution in [1.29, 1.82) is 0 Å². The third-order valence-corrected chi connectivity index (χ3v) is 4.02. The first kappa shape index (κ1) is 17.7. The van der Waals surface area contributed by atoms with Crippen molar-refractivity contribution in [3.8, 4) is 0 Å². The number of alkyl halides is 3. The molecule has 7 heteroatoms. The monoisotopic (exact) mass is 359 g/mol. The number of anilines is 1. The number of thioether (sulfide) groups is 1. The molecule has 0 bridgehead atoms. The normalized spacial score (nSPS) is 11.3. The summed E-state index contributed by atoms with van der Waals surface area (Å²) in [5.74, 6) is 0.309. The van der Waals surface area contributed by atoms with Crippen molar-refractivity contribution in [2.45, 2.75) is 11.9 Å². The van der Waals surface area contributed by atoms with Crippen LogP contribution in [0, 0.1) is 0 Å². The number of halogens is 4. The van der Waals surface area contributed by atoms with Crippen LogP contribution >= 0.6 is 23.4 Å². The van der Waals surface area contributed by atoms with Gasteiger partial charge in [0.15, 0.2) is 0 Å². The smallest absolute Gasteiger partial charge is 0.321 e. The van der Waals surface area contributed by atoms with E-state index in [1.807, 2.05) is 6.26 Å². The first-order valence-electron chi connectivity index (χ1n) is 6.57. The van der Waals surface area contributed by atoms with Crippen LogP contribution in [-0.2, 0) is 11.9 Å². The van der Waals surface area contributed by atoms with Gasteiger partial charge in [-0.05, 0) is 42.2 Å². The molecule has 1 N–H and O–H groups in total. The Morgan fingerprint density at radius 1 is 1.17 bits per heavy atom. The number of nitrogens with one attached hydrogen (secondary N) is 1. The molecular formula is C16H13ClF3NOS. The molecule has 0 unspecified atom stereocenters. The molecule has 0 saturated carbocycles. The number of rotatable bonds is 4. The molecule has 1 amide bonds. The van der Waals surface area contributed by atoms with Gasteiger partial charge in [0.25, 0.3) is 5.91 Å². The Hall–Kier alpha value is -1.66. The highest BCUT2D eigenvalue weighted by molar-refractivity contribution is 7.97. The molecule has 0 atom stereocenters. The molecule has 0 aliphatic heterocycles. The molecule has 122 valence electrons. The summed E-state index contributed by atoms with van der Waals surface area (Å²) in [6.07, 6.45) is -2.53. The zero-order valence-corrected chi connectivity index (χ0v) is 13.6. The lowest BCUT2D eigenvalue weighted by molar-refractivity contribution is -0.137. The highest BCUT2D eigenvalue weighted by atomic mass is 35.5. The summed E-state index contributed by atoms with van der Waals surface area (Å²) in [6.45, 7) is 0. The SMILES string of the molecule is CSCc1ccc(C(=O)Nc2cc(C(F)(F)F)ccc2Cl)cc1. The van der Waals surface area contributed by atoms with Crippen LogP contribution in [0.5, 0.6) is 0 Å². The van der Waals surface area contributed by atoms with E-state index in [4.69, 9.17) is 11.6 Å². The molecule has 2 aromatic rings. The quantitative estimate of drug-likeness (QED) is 0.783. The van der Waals surface area contributed by atoms with Gasteiger partial charge in [0.2, 0.25) is 0 Å². The maximum absolute atomic E-state index is 12.7. The van der Waals surface area contributed by atoms with Gasteiger partial charge in [-0.15, -0.1) is 0 Å². The van der Waals surface area contributed by atoms with E-state index in [1.54, 1.807) is 36.0 Å². The van der Waals surface area contributed by atoms with Crippen molar-refractivity contribution in [3.05, 3.63) is 64.2 Å². The van der Waals surface area contributed by atoms with Gasteiger partial charge in [-0.1, -0.05) is 23.7 Å².